The molecule has 0 spiro atoms. The van der Waals surface area contributed by atoms with Gasteiger partial charge < -0.3 is 15.2 Å². The Balaban J connectivity index is 2.28. The summed E-state index contributed by atoms with van der Waals surface area (Å²) < 4.78 is 37.3. The van der Waals surface area contributed by atoms with Gasteiger partial charge in [0.25, 0.3) is 0 Å². The quantitative estimate of drug-likeness (QED) is 0.783. The van der Waals surface area contributed by atoms with Crippen molar-refractivity contribution in [3.05, 3.63) is 17.2 Å². The third-order valence-electron chi connectivity index (χ3n) is 2.56. The highest BCUT2D eigenvalue weighted by atomic mass is 35.5. The lowest BCUT2D eigenvalue weighted by Crippen LogP contribution is -2.27. The van der Waals surface area contributed by atoms with Gasteiger partial charge >= 0.3 is 0 Å². The number of hydrogen-bond acceptors (Lipinski definition) is 5. The molecule has 2 rings (SSSR count). The maximum absolute atomic E-state index is 12.1. The number of nitrogens with two attached hydrogens (primary N) is 1. The van der Waals surface area contributed by atoms with E-state index >= 15 is 0 Å². The second-order valence-electron chi connectivity index (χ2n) is 3.97. The molecule has 1 aliphatic heterocycles. The lowest BCUT2D eigenvalue weighted by atomic mass is 10.3. The predicted molar refractivity (Wildman–Crippen MR) is 71.3 cm³/mol. The monoisotopic (exact) mass is 306 g/mol. The number of nitrogens with one attached hydrogen (secondary N) is 1. The van der Waals surface area contributed by atoms with Crippen LogP contribution in [0.3, 0.4) is 0 Å². The SMILES string of the molecule is NCCCNS(=O)(=O)c1cc2c(cc1Cl)OCCO2. The molecule has 106 valence electrons. The van der Waals surface area contributed by atoms with Gasteiger partial charge in [-0.05, 0) is 13.0 Å². The maximum atomic E-state index is 12.1. The Hall–Kier alpha value is -1.02. The first-order chi connectivity index (χ1) is 9.04. The molecular formula is C11H15ClN2O4S. The van der Waals surface area contributed by atoms with Gasteiger partial charge in [0.2, 0.25) is 10.0 Å². The molecule has 1 heterocycles. The van der Waals surface area contributed by atoms with E-state index in [2.05, 4.69) is 4.72 Å². The number of hydrogen-bond donors (Lipinski definition) is 2. The van der Waals surface area contributed by atoms with E-state index < -0.39 is 10.0 Å². The van der Waals surface area contributed by atoms with Crippen molar-refractivity contribution in [3.63, 3.8) is 0 Å². The average Bonchev–Trinajstić information content (AvgIpc) is 2.38. The summed E-state index contributed by atoms with van der Waals surface area (Å²) in [5, 5.41) is 0.101. The Morgan fingerprint density at radius 1 is 1.26 bits per heavy atom. The van der Waals surface area contributed by atoms with E-state index in [1.807, 2.05) is 0 Å². The van der Waals surface area contributed by atoms with Crippen LogP contribution in [0, 0.1) is 0 Å². The Morgan fingerprint density at radius 3 is 2.53 bits per heavy atom. The van der Waals surface area contributed by atoms with Gasteiger partial charge in [-0.2, -0.15) is 0 Å². The summed E-state index contributed by atoms with van der Waals surface area (Å²) in [7, 11) is -3.67. The van der Waals surface area contributed by atoms with Crippen LogP contribution in [0.5, 0.6) is 11.5 Å². The van der Waals surface area contributed by atoms with Gasteiger partial charge in [-0.1, -0.05) is 11.6 Å². The highest BCUT2D eigenvalue weighted by Crippen LogP contribution is 2.37. The second kappa shape index (κ2) is 5.96. The average molecular weight is 307 g/mol. The summed E-state index contributed by atoms with van der Waals surface area (Å²) in [6.45, 7) is 1.49. The molecule has 0 saturated carbocycles. The van der Waals surface area contributed by atoms with Gasteiger partial charge in [0.05, 0.1) is 5.02 Å². The van der Waals surface area contributed by atoms with Crippen LogP contribution in [0.4, 0.5) is 0 Å². The van der Waals surface area contributed by atoms with E-state index in [9.17, 15) is 8.42 Å². The summed E-state index contributed by atoms with van der Waals surface area (Å²) in [6.07, 6.45) is 0.557. The van der Waals surface area contributed by atoms with Crippen LogP contribution in [-0.4, -0.2) is 34.7 Å². The topological polar surface area (TPSA) is 90.7 Å². The smallest absolute Gasteiger partial charge is 0.242 e. The van der Waals surface area contributed by atoms with Gasteiger partial charge in [0.15, 0.2) is 11.5 Å². The zero-order chi connectivity index (χ0) is 13.9. The van der Waals surface area contributed by atoms with Crippen LogP contribution in [0.1, 0.15) is 6.42 Å². The molecule has 1 aliphatic rings. The van der Waals surface area contributed by atoms with Gasteiger partial charge in [0.1, 0.15) is 18.1 Å². The molecule has 0 fully saturated rings. The number of fused-ring (bicyclic) bond motifs is 1. The molecule has 0 amide bonds. The molecule has 0 aromatic heterocycles. The molecule has 1 aromatic rings. The van der Waals surface area contributed by atoms with Crippen LogP contribution >= 0.6 is 11.6 Å². The molecule has 0 bridgehead atoms. The number of rotatable bonds is 5. The summed E-state index contributed by atoms with van der Waals surface area (Å²) in [5.74, 6) is 0.840. The summed E-state index contributed by atoms with van der Waals surface area (Å²) in [5.41, 5.74) is 5.32. The van der Waals surface area contributed by atoms with Crippen molar-refractivity contribution in [1.29, 1.82) is 0 Å². The molecular weight excluding hydrogens is 292 g/mol. The minimum atomic E-state index is -3.67. The first-order valence-electron chi connectivity index (χ1n) is 5.83. The first kappa shape index (κ1) is 14.4. The van der Waals surface area contributed by atoms with Crippen LogP contribution < -0.4 is 19.9 Å². The van der Waals surface area contributed by atoms with Crippen molar-refractivity contribution in [3.8, 4) is 11.5 Å². The highest BCUT2D eigenvalue weighted by Gasteiger charge is 2.22. The van der Waals surface area contributed by atoms with Crippen molar-refractivity contribution < 1.29 is 17.9 Å². The van der Waals surface area contributed by atoms with E-state index in [1.54, 1.807) is 0 Å². The predicted octanol–water partition coefficient (Wildman–Crippen LogP) is 0.738. The molecule has 19 heavy (non-hydrogen) atoms. The van der Waals surface area contributed by atoms with Crippen molar-refractivity contribution in [2.75, 3.05) is 26.3 Å². The minimum Gasteiger partial charge on any atom is -0.486 e. The number of benzene rings is 1. The maximum Gasteiger partial charge on any atom is 0.242 e. The van der Waals surface area contributed by atoms with E-state index in [0.29, 0.717) is 37.7 Å². The van der Waals surface area contributed by atoms with Crippen LogP contribution in [-0.2, 0) is 10.0 Å². The molecule has 8 heteroatoms. The molecule has 0 aliphatic carbocycles. The van der Waals surface area contributed by atoms with E-state index in [4.69, 9.17) is 26.8 Å². The van der Waals surface area contributed by atoms with Gasteiger partial charge in [0, 0.05) is 18.7 Å². The van der Waals surface area contributed by atoms with Gasteiger partial charge in [-0.25, -0.2) is 13.1 Å². The van der Waals surface area contributed by atoms with Crippen LogP contribution in [0.2, 0.25) is 5.02 Å². The summed E-state index contributed by atoms with van der Waals surface area (Å²) >= 11 is 5.98. The zero-order valence-corrected chi connectivity index (χ0v) is 11.8. The summed E-state index contributed by atoms with van der Waals surface area (Å²) in [4.78, 5) is -0.0181. The Bertz CT molecular complexity index is 562. The largest absolute Gasteiger partial charge is 0.486 e. The highest BCUT2D eigenvalue weighted by molar-refractivity contribution is 7.89. The fourth-order valence-corrected chi connectivity index (χ4v) is 3.24. The van der Waals surface area contributed by atoms with Crippen molar-refractivity contribution in [1.82, 2.24) is 4.72 Å². The number of halogens is 1. The van der Waals surface area contributed by atoms with Gasteiger partial charge in [-0.15, -0.1) is 0 Å². The van der Waals surface area contributed by atoms with Crippen molar-refractivity contribution in [2.45, 2.75) is 11.3 Å². The standard InChI is InChI=1S/C11H15ClN2O4S/c12-8-6-9-10(18-5-4-17-9)7-11(8)19(15,16)14-3-1-2-13/h6-7,14H,1-5,13H2. The minimum absolute atomic E-state index is 0.0181. The Labute approximate surface area is 116 Å². The third kappa shape index (κ3) is 3.30. The zero-order valence-electron chi connectivity index (χ0n) is 10.2. The number of sulfonamides is 1. The first-order valence-corrected chi connectivity index (χ1v) is 7.69. The van der Waals surface area contributed by atoms with E-state index in [1.165, 1.54) is 12.1 Å². The third-order valence-corrected chi connectivity index (χ3v) is 4.48. The fourth-order valence-electron chi connectivity index (χ4n) is 1.64. The lowest BCUT2D eigenvalue weighted by Gasteiger charge is -2.19. The Morgan fingerprint density at radius 2 is 1.89 bits per heavy atom. The molecule has 3 N–H and O–H groups in total. The van der Waals surface area contributed by atoms with Crippen LogP contribution in [0.15, 0.2) is 17.0 Å². The molecule has 0 radical (unpaired) electrons. The molecule has 6 nitrogen and oxygen atoms in total. The molecule has 0 unspecified atom stereocenters. The normalized spacial score (nSPS) is 14.4. The van der Waals surface area contributed by atoms with Crippen LogP contribution in [0.25, 0.3) is 0 Å². The van der Waals surface area contributed by atoms with Gasteiger partial charge in [-0.3, -0.25) is 0 Å². The fraction of sp³-hybridized carbons (Fsp3) is 0.455. The number of ether oxygens (including phenoxy) is 2. The molecule has 1 aromatic carbocycles. The summed E-state index contributed by atoms with van der Waals surface area (Å²) in [6, 6.07) is 2.83. The molecule has 0 atom stereocenters. The Kier molecular flexibility index (Phi) is 4.51. The van der Waals surface area contributed by atoms with Crippen molar-refractivity contribution >= 4 is 21.6 Å². The molecule has 0 saturated heterocycles. The lowest BCUT2D eigenvalue weighted by molar-refractivity contribution is 0.171. The van der Waals surface area contributed by atoms with E-state index in [-0.39, 0.29) is 16.5 Å². The second-order valence-corrected chi connectivity index (χ2v) is 6.11. The van der Waals surface area contributed by atoms with E-state index in [0.717, 1.165) is 0 Å². The van der Waals surface area contributed by atoms with Crippen molar-refractivity contribution in [2.24, 2.45) is 5.73 Å².